The van der Waals surface area contributed by atoms with Gasteiger partial charge in [0.25, 0.3) is 0 Å². The molecule has 0 spiro atoms. The summed E-state index contributed by atoms with van der Waals surface area (Å²) in [4.78, 5) is 2.57. The fourth-order valence-electron chi connectivity index (χ4n) is 4.67. The number of nitrogens with zero attached hydrogens (tertiary/aromatic N) is 1. The monoisotopic (exact) mass is 469 g/mol. The van der Waals surface area contributed by atoms with E-state index in [-0.39, 0.29) is 13.3 Å². The van der Waals surface area contributed by atoms with E-state index in [0.717, 1.165) is 43.4 Å². The number of likely N-dealkylation sites (tertiary alicyclic amines) is 1. The van der Waals surface area contributed by atoms with Crippen LogP contribution in [0.25, 0.3) is 6.08 Å². The van der Waals surface area contributed by atoms with Gasteiger partial charge >= 0.3 is 0 Å². The number of aryl methyl sites for hydroxylation is 1. The van der Waals surface area contributed by atoms with Crippen LogP contribution in [0.1, 0.15) is 83.3 Å². The Bertz CT molecular complexity index is 862. The zero-order valence-electron chi connectivity index (χ0n) is 21.6. The van der Waals surface area contributed by atoms with Crippen molar-refractivity contribution in [2.75, 3.05) is 19.6 Å². The van der Waals surface area contributed by atoms with Crippen molar-refractivity contribution in [2.24, 2.45) is 5.92 Å². The zero-order chi connectivity index (χ0) is 24.9. The molecule has 3 N–H and O–H groups in total. The first-order valence-corrected chi connectivity index (χ1v) is 13.1. The fourth-order valence-corrected chi connectivity index (χ4v) is 4.67. The van der Waals surface area contributed by atoms with Crippen LogP contribution in [0.2, 0.25) is 0 Å². The van der Waals surface area contributed by atoms with Crippen molar-refractivity contribution in [2.45, 2.75) is 78.2 Å². The van der Waals surface area contributed by atoms with Gasteiger partial charge in [0, 0.05) is 7.97 Å². The molecule has 1 unspecified atom stereocenters. The van der Waals surface area contributed by atoms with Crippen LogP contribution < -0.4 is 0 Å². The molecule has 0 aromatic heterocycles. The van der Waals surface area contributed by atoms with Gasteiger partial charge in [-0.2, -0.15) is 0 Å². The summed E-state index contributed by atoms with van der Waals surface area (Å²) in [5, 5.41) is 29.9. The Labute approximate surface area is 208 Å². The van der Waals surface area contributed by atoms with Gasteiger partial charge in [0.05, 0.1) is 6.10 Å². The smallest absolute Gasteiger partial charge is 0.118 e. The van der Waals surface area contributed by atoms with Gasteiger partial charge in [0.1, 0.15) is 11.5 Å². The minimum Gasteiger partial charge on any atom is -0.508 e. The van der Waals surface area contributed by atoms with Crippen LogP contribution in [0, 0.1) is 12.8 Å². The summed E-state index contributed by atoms with van der Waals surface area (Å²) >= 11 is 0. The Kier molecular flexibility index (Phi) is 12.2. The number of hydrogen-bond acceptors (Lipinski definition) is 4. The predicted octanol–water partition coefficient (Wildman–Crippen LogP) is 7.13. The number of aliphatic hydroxyl groups is 1. The Morgan fingerprint density at radius 3 is 2.29 bits per heavy atom. The number of phenols is 2. The Morgan fingerprint density at radius 1 is 0.971 bits per heavy atom. The van der Waals surface area contributed by atoms with E-state index in [1.54, 1.807) is 12.1 Å². The Balaban J connectivity index is 0.00000199. The van der Waals surface area contributed by atoms with E-state index in [2.05, 4.69) is 30.0 Å². The highest BCUT2D eigenvalue weighted by Gasteiger charge is 2.24. The summed E-state index contributed by atoms with van der Waals surface area (Å²) in [6.45, 7) is 11.7. The molecule has 1 heterocycles. The van der Waals surface area contributed by atoms with Crippen LogP contribution in [-0.4, -0.2) is 46.0 Å². The average Bonchev–Trinajstić information content (AvgIpc) is 3.36. The minimum absolute atomic E-state index is 0. The second-order valence-electron chi connectivity index (χ2n) is 9.40. The second-order valence-corrected chi connectivity index (χ2v) is 9.40. The first kappa shape index (κ1) is 27.9. The number of aromatic hydroxyl groups is 2. The maximum atomic E-state index is 10.6. The van der Waals surface area contributed by atoms with Crippen LogP contribution in [0.15, 0.2) is 48.5 Å². The normalized spacial score (nSPS) is 16.7. The van der Waals surface area contributed by atoms with E-state index < -0.39 is 0 Å². The molecule has 34 heavy (non-hydrogen) atoms. The van der Waals surface area contributed by atoms with Crippen molar-refractivity contribution in [1.82, 2.24) is 4.90 Å². The number of aliphatic hydroxyl groups excluding tert-OH is 1. The molecule has 0 bridgehead atoms. The lowest BCUT2D eigenvalue weighted by molar-refractivity contribution is 0.137. The fraction of sp³-hybridized carbons (Fsp3) is 0.533. The molecular weight excluding hydrogens is 422 g/mol. The van der Waals surface area contributed by atoms with Gasteiger partial charge in [-0.1, -0.05) is 57.2 Å². The molecule has 1 saturated heterocycles. The van der Waals surface area contributed by atoms with Crippen LogP contribution >= 0.6 is 0 Å². The van der Waals surface area contributed by atoms with Crippen molar-refractivity contribution in [3.63, 3.8) is 0 Å². The van der Waals surface area contributed by atoms with Crippen LogP contribution in [0.3, 0.4) is 0 Å². The molecule has 2 aromatic carbocycles. The quantitative estimate of drug-likeness (QED) is 0.327. The minimum atomic E-state index is -0.297. The Hall–Kier alpha value is -2.30. The topological polar surface area (TPSA) is 63.9 Å². The van der Waals surface area contributed by atoms with Crippen molar-refractivity contribution in [3.05, 3.63) is 65.2 Å². The summed E-state index contributed by atoms with van der Waals surface area (Å²) < 4.78 is 0. The first-order valence-electron chi connectivity index (χ1n) is 13.1. The van der Waals surface area contributed by atoms with E-state index in [1.165, 1.54) is 31.5 Å². The van der Waals surface area contributed by atoms with Crippen LogP contribution in [-0.2, 0) is 0 Å². The highest BCUT2D eigenvalue weighted by molar-refractivity contribution is 5.50. The maximum absolute atomic E-state index is 10.6. The lowest BCUT2D eigenvalue weighted by Gasteiger charge is -2.30. The highest BCUT2D eigenvalue weighted by Crippen LogP contribution is 2.32. The van der Waals surface area contributed by atoms with Gasteiger partial charge in [-0.15, -0.1) is 0 Å². The SMILES string of the molecule is CC.Cc1cc([C@@H](C)[C@H](CCC(O)CC/C=C\c2ccc(O)cc2)CN2CCCC2)ccc1O.[HH]. The molecule has 1 aliphatic rings. The standard InChI is InChI=1S/C28H39NO3.C2H6.H2/c1-21-19-24(12-16-28(21)32)22(2)25(20-29-17-5-6-18-29)11-15-26(30)8-4-3-7-23-9-13-27(31)14-10-23;1-2;/h3,7,9-10,12-14,16,19,22,25-26,30-32H,4-6,8,11,15,17-18,20H2,1-2H3;1-2H3;1H/b7-3-;;/t22-,25-,26?;;/m1../s1. The molecule has 0 saturated carbocycles. The number of rotatable bonds is 11. The van der Waals surface area contributed by atoms with Gasteiger partial charge in [-0.05, 0) is 105 Å². The number of hydrogen-bond donors (Lipinski definition) is 3. The van der Waals surface area contributed by atoms with Crippen LogP contribution in [0.5, 0.6) is 11.5 Å². The third-order valence-electron chi connectivity index (χ3n) is 6.89. The molecule has 0 radical (unpaired) electrons. The van der Waals surface area contributed by atoms with Crippen molar-refractivity contribution in [1.29, 1.82) is 0 Å². The summed E-state index contributed by atoms with van der Waals surface area (Å²) in [5.41, 5.74) is 3.26. The lowest BCUT2D eigenvalue weighted by atomic mass is 9.82. The summed E-state index contributed by atoms with van der Waals surface area (Å²) in [6, 6.07) is 13.1. The first-order chi connectivity index (χ1) is 16.4. The molecular formula is C30H47NO3. The predicted molar refractivity (Wildman–Crippen MR) is 146 cm³/mol. The molecule has 4 nitrogen and oxygen atoms in total. The third kappa shape index (κ3) is 9.15. The maximum Gasteiger partial charge on any atom is 0.118 e. The van der Waals surface area contributed by atoms with Gasteiger partial charge in [-0.25, -0.2) is 0 Å². The van der Waals surface area contributed by atoms with E-state index in [0.29, 0.717) is 17.6 Å². The van der Waals surface area contributed by atoms with Gasteiger partial charge in [-0.3, -0.25) is 0 Å². The van der Waals surface area contributed by atoms with Gasteiger partial charge in [0.15, 0.2) is 0 Å². The molecule has 3 atom stereocenters. The van der Waals surface area contributed by atoms with Gasteiger partial charge < -0.3 is 20.2 Å². The lowest BCUT2D eigenvalue weighted by Crippen LogP contribution is -2.30. The summed E-state index contributed by atoms with van der Waals surface area (Å²) in [6.07, 6.45) is 9.83. The van der Waals surface area contributed by atoms with E-state index in [4.69, 9.17) is 0 Å². The molecule has 0 amide bonds. The molecule has 4 heteroatoms. The number of allylic oxidation sites excluding steroid dienone is 1. The molecule has 190 valence electrons. The van der Waals surface area contributed by atoms with Crippen molar-refractivity contribution >= 4 is 6.08 Å². The summed E-state index contributed by atoms with van der Waals surface area (Å²) in [7, 11) is 0. The van der Waals surface area contributed by atoms with Gasteiger partial charge in [0.2, 0.25) is 0 Å². The largest absolute Gasteiger partial charge is 0.508 e. The molecule has 3 rings (SSSR count). The van der Waals surface area contributed by atoms with E-state index >= 15 is 0 Å². The highest BCUT2D eigenvalue weighted by atomic mass is 16.3. The molecule has 1 aliphatic heterocycles. The average molecular weight is 470 g/mol. The second kappa shape index (κ2) is 14.9. The van der Waals surface area contributed by atoms with Crippen molar-refractivity contribution < 1.29 is 16.7 Å². The third-order valence-corrected chi connectivity index (χ3v) is 6.89. The zero-order valence-corrected chi connectivity index (χ0v) is 21.6. The summed E-state index contributed by atoms with van der Waals surface area (Å²) in [5.74, 6) is 1.50. The van der Waals surface area contributed by atoms with Crippen molar-refractivity contribution in [3.8, 4) is 11.5 Å². The van der Waals surface area contributed by atoms with E-state index in [9.17, 15) is 15.3 Å². The van der Waals surface area contributed by atoms with Crippen LogP contribution in [0.4, 0.5) is 0 Å². The molecule has 1 fully saturated rings. The molecule has 0 aliphatic carbocycles. The van der Waals surface area contributed by atoms with E-state index in [1.807, 2.05) is 45.0 Å². The number of phenolic OH excluding ortho intramolecular Hbond substituents is 2. The number of benzene rings is 2. The Morgan fingerprint density at radius 2 is 1.65 bits per heavy atom. The molecule has 2 aromatic rings.